The molecule has 0 aliphatic carbocycles. The molecule has 0 spiro atoms. The fraction of sp³-hybridized carbons (Fsp3) is 0.238. The second-order valence-corrected chi connectivity index (χ2v) is 5.96. The SMILES string of the molecule is CCOc1ccc2c(C#N)c(-c3ccc(NC(=O)OCCOC)cc3)[nH]c2c1. The molecule has 7 heteroatoms. The Labute approximate surface area is 162 Å². The molecule has 0 unspecified atom stereocenters. The lowest BCUT2D eigenvalue weighted by molar-refractivity contribution is 0.107. The lowest BCUT2D eigenvalue weighted by Crippen LogP contribution is -2.16. The Morgan fingerprint density at radius 1 is 1.18 bits per heavy atom. The molecular formula is C21H21N3O4. The van der Waals surface area contributed by atoms with Gasteiger partial charge in [-0.15, -0.1) is 0 Å². The minimum absolute atomic E-state index is 0.185. The fourth-order valence-electron chi connectivity index (χ4n) is 2.86. The third-order valence-corrected chi connectivity index (χ3v) is 4.13. The summed E-state index contributed by atoms with van der Waals surface area (Å²) >= 11 is 0. The van der Waals surface area contributed by atoms with Crippen LogP contribution in [0.15, 0.2) is 42.5 Å². The molecule has 7 nitrogen and oxygen atoms in total. The number of anilines is 1. The third-order valence-electron chi connectivity index (χ3n) is 4.13. The van der Waals surface area contributed by atoms with Gasteiger partial charge in [0.15, 0.2) is 0 Å². The highest BCUT2D eigenvalue weighted by atomic mass is 16.6. The largest absolute Gasteiger partial charge is 0.494 e. The first-order valence-electron chi connectivity index (χ1n) is 8.88. The van der Waals surface area contributed by atoms with E-state index >= 15 is 0 Å². The van der Waals surface area contributed by atoms with E-state index in [0.717, 1.165) is 27.9 Å². The van der Waals surface area contributed by atoms with Crippen LogP contribution in [0.1, 0.15) is 12.5 Å². The molecule has 3 rings (SSSR count). The van der Waals surface area contributed by atoms with E-state index in [1.54, 1.807) is 12.1 Å². The number of amides is 1. The van der Waals surface area contributed by atoms with E-state index in [0.29, 0.717) is 24.5 Å². The highest BCUT2D eigenvalue weighted by molar-refractivity contribution is 5.94. The van der Waals surface area contributed by atoms with Gasteiger partial charge in [-0.05, 0) is 36.8 Å². The number of H-pyrrole nitrogens is 1. The number of aromatic nitrogens is 1. The monoisotopic (exact) mass is 379 g/mol. The van der Waals surface area contributed by atoms with E-state index in [-0.39, 0.29) is 6.61 Å². The van der Waals surface area contributed by atoms with Crippen molar-refractivity contribution in [2.45, 2.75) is 6.92 Å². The summed E-state index contributed by atoms with van der Waals surface area (Å²) in [5.74, 6) is 0.749. The molecule has 0 fully saturated rings. The maximum absolute atomic E-state index is 11.7. The Bertz CT molecular complexity index is 1000. The summed E-state index contributed by atoms with van der Waals surface area (Å²) in [6, 6.07) is 15.1. The maximum Gasteiger partial charge on any atom is 0.411 e. The summed E-state index contributed by atoms with van der Waals surface area (Å²) in [6.07, 6.45) is -0.545. The number of nitrogens with zero attached hydrogens (tertiary/aromatic N) is 1. The Kier molecular flexibility index (Phi) is 6.14. The van der Waals surface area contributed by atoms with Crippen LogP contribution in [0.25, 0.3) is 22.2 Å². The van der Waals surface area contributed by atoms with Gasteiger partial charge in [-0.3, -0.25) is 5.32 Å². The van der Waals surface area contributed by atoms with Crippen LogP contribution < -0.4 is 10.1 Å². The van der Waals surface area contributed by atoms with Gasteiger partial charge < -0.3 is 19.2 Å². The highest BCUT2D eigenvalue weighted by Crippen LogP contribution is 2.32. The molecule has 0 atom stereocenters. The van der Waals surface area contributed by atoms with Crippen LogP contribution in [0.3, 0.4) is 0 Å². The van der Waals surface area contributed by atoms with E-state index in [1.807, 2.05) is 37.3 Å². The Morgan fingerprint density at radius 2 is 1.96 bits per heavy atom. The average molecular weight is 379 g/mol. The molecule has 1 aromatic heterocycles. The molecule has 1 amide bonds. The van der Waals surface area contributed by atoms with Crippen LogP contribution in [0, 0.1) is 11.3 Å². The number of methoxy groups -OCH3 is 1. The van der Waals surface area contributed by atoms with Gasteiger partial charge in [0, 0.05) is 24.2 Å². The van der Waals surface area contributed by atoms with E-state index in [1.165, 1.54) is 7.11 Å². The van der Waals surface area contributed by atoms with Gasteiger partial charge in [-0.1, -0.05) is 12.1 Å². The average Bonchev–Trinajstić information content (AvgIpc) is 3.07. The molecule has 0 radical (unpaired) electrons. The topological polar surface area (TPSA) is 96.4 Å². The zero-order chi connectivity index (χ0) is 19.9. The van der Waals surface area contributed by atoms with E-state index in [2.05, 4.69) is 16.4 Å². The summed E-state index contributed by atoms with van der Waals surface area (Å²) in [6.45, 7) is 3.03. The number of carbonyl (C=O) groups is 1. The minimum atomic E-state index is -0.545. The van der Waals surface area contributed by atoms with Crippen LogP contribution in [-0.4, -0.2) is 38.0 Å². The molecule has 2 N–H and O–H groups in total. The smallest absolute Gasteiger partial charge is 0.411 e. The lowest BCUT2D eigenvalue weighted by atomic mass is 10.1. The molecule has 0 bridgehead atoms. The Hall–Kier alpha value is -3.50. The number of aromatic amines is 1. The predicted octanol–water partition coefficient (Wildman–Crippen LogP) is 4.30. The first-order valence-corrected chi connectivity index (χ1v) is 8.88. The summed E-state index contributed by atoms with van der Waals surface area (Å²) in [5, 5.41) is 13.1. The van der Waals surface area contributed by atoms with Crippen molar-refractivity contribution in [3.8, 4) is 23.1 Å². The van der Waals surface area contributed by atoms with Gasteiger partial charge in [0.1, 0.15) is 18.4 Å². The number of hydrogen-bond donors (Lipinski definition) is 2. The lowest BCUT2D eigenvalue weighted by Gasteiger charge is -2.07. The van der Waals surface area contributed by atoms with Gasteiger partial charge in [-0.25, -0.2) is 4.79 Å². The maximum atomic E-state index is 11.7. The Balaban J connectivity index is 1.82. The van der Waals surface area contributed by atoms with Crippen LogP contribution >= 0.6 is 0 Å². The van der Waals surface area contributed by atoms with E-state index < -0.39 is 6.09 Å². The van der Waals surface area contributed by atoms with Crippen LogP contribution in [0.5, 0.6) is 5.75 Å². The molecule has 0 saturated heterocycles. The van der Waals surface area contributed by atoms with Gasteiger partial charge in [0.2, 0.25) is 0 Å². The van der Waals surface area contributed by atoms with Crippen LogP contribution in [0.2, 0.25) is 0 Å². The molecule has 3 aromatic rings. The molecule has 0 saturated carbocycles. The molecule has 1 heterocycles. The number of fused-ring (bicyclic) bond motifs is 1. The molecule has 28 heavy (non-hydrogen) atoms. The van der Waals surface area contributed by atoms with Crippen molar-refractivity contribution < 1.29 is 19.0 Å². The van der Waals surface area contributed by atoms with Crippen LogP contribution in [-0.2, 0) is 9.47 Å². The molecule has 144 valence electrons. The second kappa shape index (κ2) is 8.93. The number of hydrogen-bond acceptors (Lipinski definition) is 5. The molecule has 0 aliphatic rings. The van der Waals surface area contributed by atoms with Crippen molar-refractivity contribution in [3.63, 3.8) is 0 Å². The van der Waals surface area contributed by atoms with Crippen molar-refractivity contribution in [1.29, 1.82) is 5.26 Å². The minimum Gasteiger partial charge on any atom is -0.494 e. The van der Waals surface area contributed by atoms with E-state index in [9.17, 15) is 10.1 Å². The van der Waals surface area contributed by atoms with Gasteiger partial charge in [-0.2, -0.15) is 5.26 Å². The zero-order valence-electron chi connectivity index (χ0n) is 15.7. The normalized spacial score (nSPS) is 10.5. The summed E-state index contributed by atoms with van der Waals surface area (Å²) in [7, 11) is 1.54. The summed E-state index contributed by atoms with van der Waals surface area (Å²) in [5.41, 5.74) is 3.56. The number of nitrogens with one attached hydrogen (secondary N) is 2. The van der Waals surface area contributed by atoms with Crippen molar-refractivity contribution in [3.05, 3.63) is 48.0 Å². The van der Waals surface area contributed by atoms with Crippen molar-refractivity contribution in [2.75, 3.05) is 32.2 Å². The van der Waals surface area contributed by atoms with Gasteiger partial charge in [0.25, 0.3) is 0 Å². The number of nitriles is 1. The standard InChI is InChI=1S/C21H21N3O4/c1-3-27-16-8-9-17-18(13-22)20(24-19(17)12-16)14-4-6-15(7-5-14)23-21(25)28-11-10-26-2/h4-9,12,24H,3,10-11H2,1-2H3,(H,23,25). The van der Waals surface area contributed by atoms with Crippen molar-refractivity contribution in [1.82, 2.24) is 4.98 Å². The number of ether oxygens (including phenoxy) is 3. The van der Waals surface area contributed by atoms with Crippen molar-refractivity contribution in [2.24, 2.45) is 0 Å². The van der Waals surface area contributed by atoms with Gasteiger partial charge in [0.05, 0.1) is 30.0 Å². The fourth-order valence-corrected chi connectivity index (χ4v) is 2.86. The van der Waals surface area contributed by atoms with Crippen LogP contribution in [0.4, 0.5) is 10.5 Å². The van der Waals surface area contributed by atoms with Gasteiger partial charge >= 0.3 is 6.09 Å². The first-order chi connectivity index (χ1) is 13.7. The second-order valence-electron chi connectivity index (χ2n) is 5.96. The third kappa shape index (κ3) is 4.24. The van der Waals surface area contributed by atoms with Crippen molar-refractivity contribution >= 4 is 22.7 Å². The summed E-state index contributed by atoms with van der Waals surface area (Å²) in [4.78, 5) is 15.0. The number of benzene rings is 2. The number of rotatable bonds is 7. The Morgan fingerprint density at radius 3 is 2.64 bits per heavy atom. The molecule has 0 aliphatic heterocycles. The first kappa shape index (κ1) is 19.3. The van der Waals surface area contributed by atoms with E-state index in [4.69, 9.17) is 14.2 Å². The predicted molar refractivity (Wildman–Crippen MR) is 106 cm³/mol. The molecule has 2 aromatic carbocycles. The summed E-state index contributed by atoms with van der Waals surface area (Å²) < 4.78 is 15.3. The molecular weight excluding hydrogens is 358 g/mol. The highest BCUT2D eigenvalue weighted by Gasteiger charge is 2.14. The zero-order valence-corrected chi connectivity index (χ0v) is 15.7. The quantitative estimate of drug-likeness (QED) is 0.597. The number of carbonyl (C=O) groups excluding carboxylic acids is 1.